The van der Waals surface area contributed by atoms with Crippen LogP contribution in [-0.2, 0) is 16.0 Å². The Hall–Kier alpha value is -1.79. The number of hydrogen-bond donors (Lipinski definition) is 1. The van der Waals surface area contributed by atoms with E-state index in [-0.39, 0.29) is 36.5 Å². The molecule has 6 nitrogen and oxygen atoms in total. The van der Waals surface area contributed by atoms with Crippen LogP contribution in [0.3, 0.4) is 0 Å². The zero-order valence-electron chi connectivity index (χ0n) is 17.7. The van der Waals surface area contributed by atoms with Crippen LogP contribution in [0.4, 0.5) is 10.5 Å². The van der Waals surface area contributed by atoms with Crippen LogP contribution < -0.4 is 10.2 Å². The summed E-state index contributed by atoms with van der Waals surface area (Å²) < 4.78 is 4.69. The average Bonchev–Trinajstić information content (AvgIpc) is 2.94. The number of carbonyl (C=O) groups excluding carboxylic acids is 2. The third-order valence-corrected chi connectivity index (χ3v) is 6.35. The third-order valence-electron chi connectivity index (χ3n) is 6.35. The summed E-state index contributed by atoms with van der Waals surface area (Å²) in [6.45, 7) is 7.30. The van der Waals surface area contributed by atoms with Gasteiger partial charge in [-0.25, -0.2) is 4.79 Å². The number of esters is 1. The van der Waals surface area contributed by atoms with Crippen LogP contribution in [0.2, 0.25) is 0 Å². The van der Waals surface area contributed by atoms with Crippen molar-refractivity contribution in [3.8, 4) is 0 Å². The van der Waals surface area contributed by atoms with E-state index in [4.69, 9.17) is 4.74 Å². The number of methoxy groups -OCH3 is 1. The Kier molecular flexibility index (Phi) is 8.78. The number of rotatable bonds is 7. The lowest BCUT2D eigenvalue weighted by Gasteiger charge is -2.27. The first-order chi connectivity index (χ1) is 13.5. The molecule has 2 fully saturated rings. The number of benzene rings is 1. The zero-order chi connectivity index (χ0) is 20.1. The summed E-state index contributed by atoms with van der Waals surface area (Å²) in [7, 11) is 1.41. The van der Waals surface area contributed by atoms with Gasteiger partial charge in [0.2, 0.25) is 0 Å². The van der Waals surface area contributed by atoms with Gasteiger partial charge in [0.15, 0.2) is 0 Å². The molecule has 0 bridgehead atoms. The summed E-state index contributed by atoms with van der Waals surface area (Å²) in [5.41, 5.74) is 2.00. The largest absolute Gasteiger partial charge is 0.469 e. The molecule has 29 heavy (non-hydrogen) atoms. The van der Waals surface area contributed by atoms with Crippen molar-refractivity contribution in [1.29, 1.82) is 0 Å². The molecule has 2 atom stereocenters. The van der Waals surface area contributed by atoms with Crippen LogP contribution in [0.5, 0.6) is 0 Å². The van der Waals surface area contributed by atoms with Crippen LogP contribution in [-0.4, -0.2) is 55.7 Å². The van der Waals surface area contributed by atoms with Gasteiger partial charge in [-0.2, -0.15) is 0 Å². The van der Waals surface area contributed by atoms with Gasteiger partial charge in [0.1, 0.15) is 0 Å². The molecule has 1 aromatic rings. The third kappa shape index (κ3) is 5.64. The van der Waals surface area contributed by atoms with Gasteiger partial charge in [-0.3, -0.25) is 9.69 Å². The Morgan fingerprint density at radius 3 is 2.41 bits per heavy atom. The second-order valence-electron chi connectivity index (χ2n) is 8.05. The van der Waals surface area contributed by atoms with Gasteiger partial charge in [-0.05, 0) is 76.2 Å². The number of hydrogen-bond acceptors (Lipinski definition) is 4. The summed E-state index contributed by atoms with van der Waals surface area (Å²) in [6, 6.07) is 8.43. The van der Waals surface area contributed by atoms with Gasteiger partial charge in [0.05, 0.1) is 19.2 Å². The van der Waals surface area contributed by atoms with E-state index in [0.717, 1.165) is 43.2 Å². The quantitative estimate of drug-likeness (QED) is 0.680. The molecular formula is C22H34ClN3O3. The van der Waals surface area contributed by atoms with Crippen molar-refractivity contribution in [2.75, 3.05) is 31.6 Å². The molecule has 0 spiro atoms. The molecule has 2 amide bonds. The van der Waals surface area contributed by atoms with Gasteiger partial charge in [0.25, 0.3) is 0 Å². The molecule has 0 saturated carbocycles. The number of urea groups is 1. The smallest absolute Gasteiger partial charge is 0.325 e. The van der Waals surface area contributed by atoms with E-state index < -0.39 is 0 Å². The predicted octanol–water partition coefficient (Wildman–Crippen LogP) is 3.62. The van der Waals surface area contributed by atoms with Crippen molar-refractivity contribution in [3.05, 3.63) is 29.8 Å². The fraction of sp³-hybridized carbons (Fsp3) is 0.636. The number of nitrogens with zero attached hydrogens (tertiary/aromatic N) is 2. The predicted molar refractivity (Wildman–Crippen MR) is 118 cm³/mol. The number of halogens is 1. The van der Waals surface area contributed by atoms with Gasteiger partial charge in [-0.1, -0.05) is 12.1 Å². The highest BCUT2D eigenvalue weighted by atomic mass is 35.5. The van der Waals surface area contributed by atoms with Crippen molar-refractivity contribution in [3.63, 3.8) is 0 Å². The molecule has 2 heterocycles. The first-order valence-electron chi connectivity index (χ1n) is 10.5. The standard InChI is InChI=1S/C22H33N3O3.ClH/c1-16-17(2)25(20-7-4-18(5-8-20)6-9-21(26)28-3)22(27)24(16)15-12-19-10-13-23-14-11-19;/h4-5,7-8,16-17,19,23H,6,9-15H2,1-3H3;1H/t16-,17+;/m0./s1. The van der Waals surface area contributed by atoms with Crippen LogP contribution in [0.1, 0.15) is 45.1 Å². The Labute approximate surface area is 180 Å². The van der Waals surface area contributed by atoms with Crippen molar-refractivity contribution in [2.24, 2.45) is 5.92 Å². The molecule has 1 N–H and O–H groups in total. The van der Waals surface area contributed by atoms with Gasteiger partial charge >= 0.3 is 12.0 Å². The highest BCUT2D eigenvalue weighted by molar-refractivity contribution is 5.95. The van der Waals surface area contributed by atoms with E-state index in [1.54, 1.807) is 0 Å². The van der Waals surface area contributed by atoms with Crippen molar-refractivity contribution in [1.82, 2.24) is 10.2 Å². The number of ether oxygens (including phenoxy) is 1. The maximum absolute atomic E-state index is 13.1. The van der Waals surface area contributed by atoms with E-state index in [9.17, 15) is 9.59 Å². The minimum atomic E-state index is -0.203. The molecular weight excluding hydrogens is 390 g/mol. The van der Waals surface area contributed by atoms with E-state index in [2.05, 4.69) is 19.2 Å². The molecule has 3 rings (SSSR count). The van der Waals surface area contributed by atoms with E-state index in [0.29, 0.717) is 12.8 Å². The summed E-state index contributed by atoms with van der Waals surface area (Å²) in [5, 5.41) is 3.40. The highest BCUT2D eigenvalue weighted by Crippen LogP contribution is 2.30. The molecule has 7 heteroatoms. The number of nitrogens with one attached hydrogen (secondary N) is 1. The molecule has 0 aromatic heterocycles. The average molecular weight is 424 g/mol. The summed E-state index contributed by atoms with van der Waals surface area (Å²) in [5.74, 6) is 0.519. The monoisotopic (exact) mass is 423 g/mol. The van der Waals surface area contributed by atoms with Crippen LogP contribution >= 0.6 is 12.4 Å². The van der Waals surface area contributed by atoms with Gasteiger partial charge in [0, 0.05) is 18.7 Å². The number of carbonyl (C=O) groups is 2. The Bertz CT molecular complexity index is 676. The lowest BCUT2D eigenvalue weighted by Crippen LogP contribution is -2.36. The highest BCUT2D eigenvalue weighted by Gasteiger charge is 2.41. The zero-order valence-corrected chi connectivity index (χ0v) is 18.5. The van der Waals surface area contributed by atoms with Crippen LogP contribution in [0.15, 0.2) is 24.3 Å². The van der Waals surface area contributed by atoms with E-state index in [1.165, 1.54) is 20.0 Å². The summed E-state index contributed by atoms with van der Waals surface area (Å²) in [4.78, 5) is 28.4. The summed E-state index contributed by atoms with van der Waals surface area (Å²) in [6.07, 6.45) is 4.53. The SMILES string of the molecule is COC(=O)CCc1ccc(N2C(=O)N(CCC3CCNCC3)[C@@H](C)[C@H]2C)cc1.Cl. The molecule has 2 aliphatic rings. The fourth-order valence-corrected chi connectivity index (χ4v) is 4.27. The van der Waals surface area contributed by atoms with Crippen molar-refractivity contribution in [2.45, 2.75) is 58.0 Å². The van der Waals surface area contributed by atoms with Gasteiger partial charge in [-0.15, -0.1) is 12.4 Å². The maximum atomic E-state index is 13.1. The second-order valence-corrected chi connectivity index (χ2v) is 8.05. The topological polar surface area (TPSA) is 61.9 Å². The molecule has 2 aliphatic heterocycles. The van der Waals surface area contributed by atoms with E-state index in [1.807, 2.05) is 34.1 Å². The molecule has 1 aromatic carbocycles. The first kappa shape index (κ1) is 23.5. The fourth-order valence-electron chi connectivity index (χ4n) is 4.27. The molecule has 2 saturated heterocycles. The summed E-state index contributed by atoms with van der Waals surface area (Å²) >= 11 is 0. The van der Waals surface area contributed by atoms with Crippen molar-refractivity contribution >= 4 is 30.1 Å². The lowest BCUT2D eigenvalue weighted by atomic mass is 9.94. The Morgan fingerprint density at radius 1 is 1.14 bits per heavy atom. The number of piperidine rings is 1. The van der Waals surface area contributed by atoms with Gasteiger partial charge < -0.3 is 15.0 Å². The normalized spacial score (nSPS) is 22.5. The number of amides is 2. The molecule has 0 radical (unpaired) electrons. The van der Waals surface area contributed by atoms with Crippen LogP contribution in [0, 0.1) is 5.92 Å². The molecule has 0 aliphatic carbocycles. The Morgan fingerprint density at radius 2 is 1.79 bits per heavy atom. The van der Waals surface area contributed by atoms with Crippen LogP contribution in [0.25, 0.3) is 0 Å². The maximum Gasteiger partial charge on any atom is 0.325 e. The number of anilines is 1. The second kappa shape index (κ2) is 10.8. The molecule has 162 valence electrons. The Balaban J connectivity index is 0.00000300. The number of aryl methyl sites for hydroxylation is 1. The lowest BCUT2D eigenvalue weighted by molar-refractivity contribution is -0.140. The minimum absolute atomic E-state index is 0. The first-order valence-corrected chi connectivity index (χ1v) is 10.5. The van der Waals surface area contributed by atoms with Crippen molar-refractivity contribution < 1.29 is 14.3 Å². The molecule has 0 unspecified atom stereocenters. The van der Waals surface area contributed by atoms with E-state index >= 15 is 0 Å². The minimum Gasteiger partial charge on any atom is -0.469 e.